The summed E-state index contributed by atoms with van der Waals surface area (Å²) < 4.78 is 0. The van der Waals surface area contributed by atoms with E-state index in [0.29, 0.717) is 12.0 Å². The fourth-order valence-corrected chi connectivity index (χ4v) is 4.22. The summed E-state index contributed by atoms with van der Waals surface area (Å²) in [5, 5.41) is 21.1. The summed E-state index contributed by atoms with van der Waals surface area (Å²) in [6.45, 7) is 10.4. The summed E-state index contributed by atoms with van der Waals surface area (Å²) in [5.41, 5.74) is 1.79. The lowest BCUT2D eigenvalue weighted by molar-refractivity contribution is -0.129. The molecule has 2 aliphatic carbocycles. The highest BCUT2D eigenvalue weighted by Gasteiger charge is 2.54. The number of phenolic OH excluding ortho intramolecular Hbond substituents is 2. The van der Waals surface area contributed by atoms with Crippen LogP contribution in [0.5, 0.6) is 11.5 Å². The van der Waals surface area contributed by atoms with Gasteiger partial charge in [0.25, 0.3) is 0 Å². The zero-order valence-electron chi connectivity index (χ0n) is 14.6. The first-order valence-electron chi connectivity index (χ1n) is 8.41. The van der Waals surface area contributed by atoms with Gasteiger partial charge < -0.3 is 10.2 Å². The first-order chi connectivity index (χ1) is 10.6. The van der Waals surface area contributed by atoms with Gasteiger partial charge in [-0.05, 0) is 29.4 Å². The molecule has 23 heavy (non-hydrogen) atoms. The minimum atomic E-state index is -0.390. The highest BCUT2D eigenvalue weighted by Crippen LogP contribution is 2.61. The van der Waals surface area contributed by atoms with Gasteiger partial charge in [-0.1, -0.05) is 46.8 Å². The number of hydrogen-bond donors (Lipinski definition) is 2. The average Bonchev–Trinajstić information content (AvgIpc) is 2.47. The molecule has 0 aliphatic heterocycles. The van der Waals surface area contributed by atoms with Crippen LogP contribution in [-0.4, -0.2) is 16.0 Å². The van der Waals surface area contributed by atoms with Crippen molar-refractivity contribution >= 4 is 11.9 Å². The fraction of sp³-hybridized carbons (Fsp3) is 0.550. The van der Waals surface area contributed by atoms with Gasteiger partial charge in [-0.3, -0.25) is 4.79 Å². The van der Waals surface area contributed by atoms with Crippen LogP contribution < -0.4 is 0 Å². The third kappa shape index (κ3) is 2.05. The van der Waals surface area contributed by atoms with E-state index < -0.39 is 5.92 Å². The highest BCUT2D eigenvalue weighted by atomic mass is 16.3. The molecule has 124 valence electrons. The molecule has 0 spiro atoms. The molecule has 0 saturated heterocycles. The van der Waals surface area contributed by atoms with Gasteiger partial charge in [0.15, 0.2) is 11.5 Å². The Morgan fingerprint density at radius 1 is 1.17 bits per heavy atom. The van der Waals surface area contributed by atoms with E-state index in [1.165, 1.54) is 0 Å². The van der Waals surface area contributed by atoms with Crippen molar-refractivity contribution in [1.29, 1.82) is 0 Å². The van der Waals surface area contributed by atoms with Gasteiger partial charge in [-0.15, -0.1) is 0 Å². The maximum absolute atomic E-state index is 12.7. The van der Waals surface area contributed by atoms with E-state index in [0.717, 1.165) is 17.5 Å². The topological polar surface area (TPSA) is 57.5 Å². The molecule has 1 saturated carbocycles. The number of rotatable bonds is 1. The third-order valence-corrected chi connectivity index (χ3v) is 6.27. The Kier molecular flexibility index (Phi) is 3.40. The molecule has 0 heterocycles. The van der Waals surface area contributed by atoms with Crippen molar-refractivity contribution in [1.82, 2.24) is 0 Å². The summed E-state index contributed by atoms with van der Waals surface area (Å²) in [7, 11) is 0. The van der Waals surface area contributed by atoms with Crippen LogP contribution in [0.2, 0.25) is 0 Å². The number of ketones is 1. The van der Waals surface area contributed by atoms with E-state index >= 15 is 0 Å². The summed E-state index contributed by atoms with van der Waals surface area (Å²) in [5.74, 6) is -0.320. The third-order valence-electron chi connectivity index (χ3n) is 6.27. The summed E-state index contributed by atoms with van der Waals surface area (Å²) in [6, 6.07) is 1.92. The van der Waals surface area contributed by atoms with Crippen LogP contribution in [-0.2, 0) is 4.79 Å². The van der Waals surface area contributed by atoms with Gasteiger partial charge in [0.2, 0.25) is 0 Å². The lowest BCUT2D eigenvalue weighted by Gasteiger charge is -2.52. The van der Waals surface area contributed by atoms with Crippen LogP contribution in [0, 0.1) is 10.8 Å². The molecule has 0 radical (unpaired) electrons. The number of Topliss-reactive ketones (excluding diaryl/α,β-unsaturated/α-hetero) is 1. The predicted molar refractivity (Wildman–Crippen MR) is 91.8 cm³/mol. The molecule has 0 amide bonds. The van der Waals surface area contributed by atoms with Crippen LogP contribution in [0.1, 0.15) is 76.0 Å². The average molecular weight is 314 g/mol. The summed E-state index contributed by atoms with van der Waals surface area (Å²) in [6.07, 6.45) is 5.51. The van der Waals surface area contributed by atoms with Gasteiger partial charge in [0.05, 0.1) is 5.92 Å². The van der Waals surface area contributed by atoms with E-state index in [9.17, 15) is 15.0 Å². The molecule has 0 aromatic heterocycles. The smallest absolute Gasteiger partial charge is 0.162 e. The van der Waals surface area contributed by atoms with Crippen LogP contribution in [0.25, 0.3) is 6.08 Å². The number of aromatic hydroxyl groups is 2. The SMILES string of the molecule is CC(C)c1cc2c(c(O)c1O)C1C(=O)CCC(C)(C)C1(C)C=C2. The molecule has 3 heteroatoms. The van der Waals surface area contributed by atoms with Gasteiger partial charge in [-0.25, -0.2) is 0 Å². The van der Waals surface area contributed by atoms with E-state index in [-0.39, 0.29) is 34.0 Å². The Labute approximate surface area is 138 Å². The van der Waals surface area contributed by atoms with Crippen molar-refractivity contribution in [2.24, 2.45) is 10.8 Å². The van der Waals surface area contributed by atoms with E-state index in [1.54, 1.807) is 0 Å². The zero-order chi connectivity index (χ0) is 17.2. The van der Waals surface area contributed by atoms with E-state index in [1.807, 2.05) is 26.0 Å². The number of phenols is 2. The maximum Gasteiger partial charge on any atom is 0.162 e. The lowest BCUT2D eigenvalue weighted by atomic mass is 9.50. The number of carbonyl (C=O) groups excluding carboxylic acids is 1. The van der Waals surface area contributed by atoms with Crippen LogP contribution >= 0.6 is 0 Å². The van der Waals surface area contributed by atoms with Crippen LogP contribution in [0.15, 0.2) is 12.1 Å². The molecule has 2 aliphatic rings. The molecule has 3 nitrogen and oxygen atoms in total. The molecule has 1 aromatic carbocycles. The Morgan fingerprint density at radius 3 is 2.43 bits per heavy atom. The second-order valence-electron chi connectivity index (χ2n) is 8.22. The first kappa shape index (κ1) is 16.1. The van der Waals surface area contributed by atoms with Crippen molar-refractivity contribution in [3.8, 4) is 11.5 Å². The second-order valence-corrected chi connectivity index (χ2v) is 8.22. The predicted octanol–water partition coefficient (Wildman–Crippen LogP) is 4.73. The maximum atomic E-state index is 12.7. The van der Waals surface area contributed by atoms with Gasteiger partial charge in [-0.2, -0.15) is 0 Å². The molecule has 2 N–H and O–H groups in total. The number of benzene rings is 1. The molecular weight excluding hydrogens is 288 g/mol. The normalized spacial score (nSPS) is 28.6. The number of fused-ring (bicyclic) bond motifs is 3. The number of carbonyl (C=O) groups is 1. The van der Waals surface area contributed by atoms with Crippen molar-refractivity contribution in [2.75, 3.05) is 0 Å². The Hall–Kier alpha value is -1.77. The lowest BCUT2D eigenvalue weighted by Crippen LogP contribution is -2.47. The molecule has 2 atom stereocenters. The van der Waals surface area contributed by atoms with Gasteiger partial charge >= 0.3 is 0 Å². The monoisotopic (exact) mass is 314 g/mol. The Balaban J connectivity index is 2.29. The van der Waals surface area contributed by atoms with E-state index in [4.69, 9.17) is 0 Å². The van der Waals surface area contributed by atoms with Crippen LogP contribution in [0.4, 0.5) is 0 Å². The van der Waals surface area contributed by atoms with Crippen molar-refractivity contribution < 1.29 is 15.0 Å². The molecule has 1 fully saturated rings. The first-order valence-corrected chi connectivity index (χ1v) is 8.41. The van der Waals surface area contributed by atoms with E-state index in [2.05, 4.69) is 26.8 Å². The van der Waals surface area contributed by atoms with Crippen molar-refractivity contribution in [3.63, 3.8) is 0 Å². The van der Waals surface area contributed by atoms with Crippen LogP contribution in [0.3, 0.4) is 0 Å². The molecule has 0 bridgehead atoms. The van der Waals surface area contributed by atoms with Gasteiger partial charge in [0.1, 0.15) is 5.78 Å². The fourth-order valence-electron chi connectivity index (χ4n) is 4.22. The second kappa shape index (κ2) is 4.86. The minimum absolute atomic E-state index is 0.0431. The Morgan fingerprint density at radius 2 is 1.83 bits per heavy atom. The molecular formula is C20H26O3. The molecule has 1 aromatic rings. The van der Waals surface area contributed by atoms with Gasteiger partial charge in [0, 0.05) is 23.0 Å². The summed E-state index contributed by atoms with van der Waals surface area (Å²) in [4.78, 5) is 12.7. The molecule has 2 unspecified atom stereocenters. The van der Waals surface area contributed by atoms with Crippen molar-refractivity contribution in [3.05, 3.63) is 28.8 Å². The Bertz CT molecular complexity index is 712. The highest BCUT2D eigenvalue weighted by molar-refractivity contribution is 5.92. The zero-order valence-corrected chi connectivity index (χ0v) is 14.6. The number of allylic oxidation sites excluding steroid dienone is 1. The number of hydrogen-bond acceptors (Lipinski definition) is 3. The summed E-state index contributed by atoms with van der Waals surface area (Å²) >= 11 is 0. The minimum Gasteiger partial charge on any atom is -0.504 e. The van der Waals surface area contributed by atoms with Crippen molar-refractivity contribution in [2.45, 2.75) is 59.3 Å². The largest absolute Gasteiger partial charge is 0.504 e. The standard InChI is InChI=1S/C20H26O3/c1-11(2)13-10-12-6-9-20(5)16(15(12)18(23)17(13)22)14(21)7-8-19(20,3)4/h6,9-11,16,22-23H,7-8H2,1-5H3. The molecule has 3 rings (SSSR count). The quantitative estimate of drug-likeness (QED) is 0.737.